The second kappa shape index (κ2) is 8.19. The summed E-state index contributed by atoms with van der Waals surface area (Å²) >= 11 is 6.50. The highest BCUT2D eigenvalue weighted by Gasteiger charge is 2.36. The molecule has 3 aromatic heterocycles. The van der Waals surface area contributed by atoms with Crippen LogP contribution < -0.4 is 5.32 Å². The van der Waals surface area contributed by atoms with Crippen LogP contribution in [0.15, 0.2) is 61.4 Å². The van der Waals surface area contributed by atoms with Crippen molar-refractivity contribution >= 4 is 17.5 Å². The van der Waals surface area contributed by atoms with Crippen molar-refractivity contribution in [1.29, 1.82) is 0 Å². The van der Waals surface area contributed by atoms with E-state index in [4.69, 9.17) is 11.6 Å². The highest BCUT2D eigenvalue weighted by atomic mass is 35.5. The van der Waals surface area contributed by atoms with Crippen LogP contribution in [0.5, 0.6) is 0 Å². The summed E-state index contributed by atoms with van der Waals surface area (Å²) in [7, 11) is 0. The van der Waals surface area contributed by atoms with Crippen LogP contribution in [0, 0.1) is 0 Å². The molecule has 5 rings (SSSR count). The SMILES string of the molecule is O=C(N[C@H]1C[C@H](c2nnc(-c3ccncn3)n2-c2ccccc2Cl)C1)c1ccncn1. The summed E-state index contributed by atoms with van der Waals surface area (Å²) in [6, 6.07) is 11.0. The largest absolute Gasteiger partial charge is 0.348 e. The van der Waals surface area contributed by atoms with E-state index >= 15 is 0 Å². The Morgan fingerprint density at radius 1 is 1.00 bits per heavy atom. The average Bonchev–Trinajstić information content (AvgIpc) is 3.21. The minimum atomic E-state index is -0.208. The van der Waals surface area contributed by atoms with Gasteiger partial charge in [-0.25, -0.2) is 19.9 Å². The topological polar surface area (TPSA) is 111 Å². The molecule has 0 radical (unpaired) electrons. The van der Waals surface area contributed by atoms with Gasteiger partial charge in [-0.05, 0) is 37.1 Å². The first kappa shape index (κ1) is 19.3. The van der Waals surface area contributed by atoms with Crippen molar-refractivity contribution in [1.82, 2.24) is 40.0 Å². The third-order valence-electron chi connectivity index (χ3n) is 5.25. The second-order valence-corrected chi connectivity index (χ2v) is 7.60. The van der Waals surface area contributed by atoms with E-state index in [1.54, 1.807) is 24.5 Å². The molecule has 10 heteroatoms. The number of nitrogens with zero attached hydrogens (tertiary/aromatic N) is 7. The van der Waals surface area contributed by atoms with E-state index in [0.29, 0.717) is 22.2 Å². The molecule has 1 fully saturated rings. The first-order chi connectivity index (χ1) is 15.2. The van der Waals surface area contributed by atoms with Gasteiger partial charge >= 0.3 is 0 Å². The minimum absolute atomic E-state index is 0.0337. The summed E-state index contributed by atoms with van der Waals surface area (Å²) in [4.78, 5) is 28.5. The molecule has 1 N–H and O–H groups in total. The van der Waals surface area contributed by atoms with Crippen molar-refractivity contribution in [3.05, 3.63) is 78.0 Å². The second-order valence-electron chi connectivity index (χ2n) is 7.20. The fourth-order valence-corrected chi connectivity index (χ4v) is 3.87. The van der Waals surface area contributed by atoms with Crippen molar-refractivity contribution in [2.75, 3.05) is 0 Å². The molecule has 0 atom stereocenters. The lowest BCUT2D eigenvalue weighted by Gasteiger charge is -2.35. The Morgan fingerprint density at radius 2 is 1.77 bits per heavy atom. The van der Waals surface area contributed by atoms with Gasteiger partial charge in [0, 0.05) is 24.4 Å². The third kappa shape index (κ3) is 3.75. The zero-order valence-electron chi connectivity index (χ0n) is 16.3. The fraction of sp³-hybridized carbons (Fsp3) is 0.190. The number of amides is 1. The van der Waals surface area contributed by atoms with Crippen LogP contribution in [0.2, 0.25) is 5.02 Å². The number of aromatic nitrogens is 7. The molecule has 154 valence electrons. The van der Waals surface area contributed by atoms with Crippen molar-refractivity contribution in [3.8, 4) is 17.2 Å². The maximum absolute atomic E-state index is 12.3. The Morgan fingerprint density at radius 3 is 2.48 bits per heavy atom. The molecule has 3 heterocycles. The summed E-state index contributed by atoms with van der Waals surface area (Å²) in [6.07, 6.45) is 7.52. The van der Waals surface area contributed by atoms with Gasteiger partial charge in [0.2, 0.25) is 0 Å². The normalized spacial score (nSPS) is 17.7. The molecular weight excluding hydrogens is 416 g/mol. The Hall–Kier alpha value is -3.72. The number of para-hydroxylation sites is 1. The lowest BCUT2D eigenvalue weighted by Crippen LogP contribution is -2.44. The van der Waals surface area contributed by atoms with E-state index in [2.05, 4.69) is 35.5 Å². The molecule has 1 saturated carbocycles. The van der Waals surface area contributed by atoms with Gasteiger partial charge in [-0.2, -0.15) is 0 Å². The van der Waals surface area contributed by atoms with E-state index in [0.717, 1.165) is 24.4 Å². The number of rotatable bonds is 5. The minimum Gasteiger partial charge on any atom is -0.348 e. The Balaban J connectivity index is 1.41. The molecule has 1 aliphatic rings. The monoisotopic (exact) mass is 432 g/mol. The van der Waals surface area contributed by atoms with Crippen LogP contribution in [-0.4, -0.2) is 46.6 Å². The predicted octanol–water partition coefficient (Wildman–Crippen LogP) is 2.84. The third-order valence-corrected chi connectivity index (χ3v) is 5.57. The molecule has 0 unspecified atom stereocenters. The maximum atomic E-state index is 12.3. The molecule has 4 aromatic rings. The molecule has 1 amide bonds. The van der Waals surface area contributed by atoms with Gasteiger partial charge in [0.1, 0.15) is 29.9 Å². The number of hydrogen-bond donors (Lipinski definition) is 1. The Labute approximate surface area is 182 Å². The van der Waals surface area contributed by atoms with E-state index < -0.39 is 0 Å². The molecule has 1 aromatic carbocycles. The van der Waals surface area contributed by atoms with E-state index in [-0.39, 0.29) is 17.9 Å². The quantitative estimate of drug-likeness (QED) is 0.516. The predicted molar refractivity (Wildman–Crippen MR) is 113 cm³/mol. The number of halogens is 1. The van der Waals surface area contributed by atoms with Crippen molar-refractivity contribution in [2.24, 2.45) is 0 Å². The fourth-order valence-electron chi connectivity index (χ4n) is 3.65. The summed E-state index contributed by atoms with van der Waals surface area (Å²) in [5.41, 5.74) is 1.79. The maximum Gasteiger partial charge on any atom is 0.270 e. The Kier molecular flexibility index (Phi) is 5.09. The summed E-state index contributed by atoms with van der Waals surface area (Å²) in [6.45, 7) is 0. The standard InChI is InChI=1S/C21H17ClN8O/c22-15-3-1-2-4-18(15)30-19(28-29-20(30)16-5-7-23-11-25-16)13-9-14(10-13)27-21(31)17-6-8-24-12-26-17/h1-8,11-14H,9-10H2,(H,27,31)/t13-,14-. The number of hydrogen-bond acceptors (Lipinski definition) is 7. The number of benzene rings is 1. The first-order valence-corrected chi connectivity index (χ1v) is 10.1. The van der Waals surface area contributed by atoms with Crippen LogP contribution in [0.3, 0.4) is 0 Å². The number of nitrogens with one attached hydrogen (secondary N) is 1. The zero-order valence-corrected chi connectivity index (χ0v) is 17.0. The lowest BCUT2D eigenvalue weighted by molar-refractivity contribution is 0.0902. The highest BCUT2D eigenvalue weighted by molar-refractivity contribution is 6.32. The van der Waals surface area contributed by atoms with Gasteiger partial charge in [0.25, 0.3) is 5.91 Å². The van der Waals surface area contributed by atoms with Crippen molar-refractivity contribution < 1.29 is 4.79 Å². The van der Waals surface area contributed by atoms with E-state index in [1.807, 2.05) is 28.8 Å². The zero-order chi connectivity index (χ0) is 21.2. The molecule has 0 bridgehead atoms. The number of carbonyl (C=O) groups excluding carboxylic acids is 1. The number of carbonyl (C=O) groups is 1. The smallest absolute Gasteiger partial charge is 0.270 e. The van der Waals surface area contributed by atoms with Crippen LogP contribution in [0.25, 0.3) is 17.2 Å². The van der Waals surface area contributed by atoms with Gasteiger partial charge in [-0.15, -0.1) is 10.2 Å². The van der Waals surface area contributed by atoms with Crippen LogP contribution in [0.4, 0.5) is 0 Å². The molecule has 0 aliphatic heterocycles. The highest BCUT2D eigenvalue weighted by Crippen LogP contribution is 2.39. The summed E-state index contributed by atoms with van der Waals surface area (Å²) in [5, 5.41) is 12.5. The molecule has 0 spiro atoms. The molecule has 1 aliphatic carbocycles. The van der Waals surface area contributed by atoms with Crippen LogP contribution >= 0.6 is 11.6 Å². The van der Waals surface area contributed by atoms with Crippen LogP contribution in [0.1, 0.15) is 35.1 Å². The van der Waals surface area contributed by atoms with Gasteiger partial charge in [-0.3, -0.25) is 9.36 Å². The van der Waals surface area contributed by atoms with E-state index in [9.17, 15) is 4.79 Å². The van der Waals surface area contributed by atoms with Gasteiger partial charge in [-0.1, -0.05) is 23.7 Å². The summed E-state index contributed by atoms with van der Waals surface area (Å²) in [5.74, 6) is 1.29. The summed E-state index contributed by atoms with van der Waals surface area (Å²) < 4.78 is 1.94. The van der Waals surface area contributed by atoms with Gasteiger partial charge < -0.3 is 5.32 Å². The molecule has 9 nitrogen and oxygen atoms in total. The van der Waals surface area contributed by atoms with E-state index in [1.165, 1.54) is 12.7 Å². The van der Waals surface area contributed by atoms with Crippen molar-refractivity contribution in [2.45, 2.75) is 24.8 Å². The Bertz CT molecular complexity index is 1210. The molecular formula is C21H17ClN8O. The van der Waals surface area contributed by atoms with Crippen LogP contribution in [-0.2, 0) is 0 Å². The molecule has 0 saturated heterocycles. The lowest BCUT2D eigenvalue weighted by atomic mass is 9.79. The van der Waals surface area contributed by atoms with Gasteiger partial charge in [0.15, 0.2) is 5.82 Å². The average molecular weight is 433 g/mol. The first-order valence-electron chi connectivity index (χ1n) is 9.74. The van der Waals surface area contributed by atoms with Gasteiger partial charge in [0.05, 0.1) is 10.7 Å². The molecule has 31 heavy (non-hydrogen) atoms. The van der Waals surface area contributed by atoms with Crippen molar-refractivity contribution in [3.63, 3.8) is 0 Å².